The number of hydrogen-bond acceptors (Lipinski definition) is 6. The van der Waals surface area contributed by atoms with Gasteiger partial charge in [-0.2, -0.15) is 0 Å². The first kappa shape index (κ1) is 23.3. The number of methoxy groups -OCH3 is 1. The topological polar surface area (TPSA) is 112 Å². The van der Waals surface area contributed by atoms with E-state index in [9.17, 15) is 18.8 Å². The second-order valence-electron chi connectivity index (χ2n) is 8.48. The summed E-state index contributed by atoms with van der Waals surface area (Å²) in [5, 5.41) is 11.8. The monoisotopic (exact) mass is 479 g/mol. The molecule has 1 saturated heterocycles. The van der Waals surface area contributed by atoms with Crippen molar-refractivity contribution in [1.82, 2.24) is 20.9 Å². The van der Waals surface area contributed by atoms with Crippen LogP contribution in [0.3, 0.4) is 0 Å². The van der Waals surface area contributed by atoms with Crippen LogP contribution < -0.4 is 21.3 Å². The highest BCUT2D eigenvalue weighted by Gasteiger charge is 2.36. The molecule has 0 aromatic heterocycles. The highest BCUT2D eigenvalue weighted by atomic mass is 35.5. The third-order valence-corrected chi connectivity index (χ3v) is 6.62. The summed E-state index contributed by atoms with van der Waals surface area (Å²) in [5.41, 5.74) is 0.888. The van der Waals surface area contributed by atoms with Crippen molar-refractivity contribution in [3.05, 3.63) is 40.4 Å². The number of amides is 3. The lowest BCUT2D eigenvalue weighted by Crippen LogP contribution is -2.55. The Balaban J connectivity index is 1.28. The van der Waals surface area contributed by atoms with Gasteiger partial charge in [0.25, 0.3) is 11.8 Å². The summed E-state index contributed by atoms with van der Waals surface area (Å²) in [6, 6.07) is 3.74. The predicted octanol–water partition coefficient (Wildman–Crippen LogP) is 1.31. The molecule has 4 rings (SSSR count). The van der Waals surface area contributed by atoms with Crippen molar-refractivity contribution in [2.45, 2.75) is 37.8 Å². The van der Waals surface area contributed by atoms with E-state index in [-0.39, 0.29) is 52.2 Å². The van der Waals surface area contributed by atoms with Gasteiger partial charge in [0.1, 0.15) is 17.2 Å². The summed E-state index contributed by atoms with van der Waals surface area (Å²) in [4.78, 5) is 39.7. The molecule has 2 aliphatic heterocycles. The Morgan fingerprint density at radius 2 is 1.82 bits per heavy atom. The van der Waals surface area contributed by atoms with Crippen molar-refractivity contribution in [2.24, 2.45) is 5.92 Å². The molecule has 2 heterocycles. The number of nitrogens with zero attached hydrogens (tertiary/aromatic N) is 1. The molecule has 33 heavy (non-hydrogen) atoms. The largest absolute Gasteiger partial charge is 0.378 e. The number of ether oxygens (including phenoxy) is 1. The number of hydrogen-bond donors (Lipinski definition) is 4. The molecule has 1 aliphatic carbocycles. The van der Waals surface area contributed by atoms with Gasteiger partial charge in [-0.15, -0.1) is 0 Å². The van der Waals surface area contributed by atoms with E-state index < -0.39 is 5.82 Å². The van der Waals surface area contributed by atoms with E-state index in [1.165, 1.54) is 12.1 Å². The van der Waals surface area contributed by atoms with Crippen LogP contribution in [-0.4, -0.2) is 61.6 Å². The van der Waals surface area contributed by atoms with Crippen molar-refractivity contribution >= 4 is 35.0 Å². The van der Waals surface area contributed by atoms with Crippen LogP contribution in [0.25, 0.3) is 0 Å². The van der Waals surface area contributed by atoms with Gasteiger partial charge in [0.15, 0.2) is 0 Å². The van der Waals surface area contributed by atoms with E-state index in [0.717, 1.165) is 6.07 Å². The Labute approximate surface area is 196 Å². The molecule has 3 aliphatic rings. The van der Waals surface area contributed by atoms with Gasteiger partial charge >= 0.3 is 0 Å². The molecule has 9 nitrogen and oxygen atoms in total. The maximum absolute atomic E-state index is 13.2. The van der Waals surface area contributed by atoms with E-state index in [1.807, 2.05) is 0 Å². The Morgan fingerprint density at radius 3 is 2.48 bits per heavy atom. The van der Waals surface area contributed by atoms with E-state index in [4.69, 9.17) is 16.3 Å². The van der Waals surface area contributed by atoms with Gasteiger partial charge in [0.05, 0.1) is 23.5 Å². The maximum Gasteiger partial charge on any atom is 0.272 e. The summed E-state index contributed by atoms with van der Waals surface area (Å²) >= 11 is 5.99. The van der Waals surface area contributed by atoms with Gasteiger partial charge in [-0.3, -0.25) is 14.4 Å². The fourth-order valence-electron chi connectivity index (χ4n) is 4.27. The Hall–Kier alpha value is -2.85. The molecule has 178 valence electrons. The second kappa shape index (κ2) is 9.96. The van der Waals surface area contributed by atoms with Crippen LogP contribution in [-0.2, 0) is 19.1 Å². The average molecular weight is 480 g/mol. The molecular weight excluding hydrogens is 453 g/mol. The highest BCUT2D eigenvalue weighted by Crippen LogP contribution is 2.28. The summed E-state index contributed by atoms with van der Waals surface area (Å²) in [6.07, 6.45) is 2.49. The van der Waals surface area contributed by atoms with E-state index in [1.54, 1.807) is 12.0 Å². The van der Waals surface area contributed by atoms with Crippen molar-refractivity contribution in [2.75, 3.05) is 32.2 Å². The van der Waals surface area contributed by atoms with Crippen molar-refractivity contribution < 1.29 is 23.5 Å². The van der Waals surface area contributed by atoms with E-state index in [2.05, 4.69) is 21.3 Å². The third-order valence-electron chi connectivity index (χ3n) is 6.31. The number of benzene rings is 1. The Morgan fingerprint density at radius 1 is 1.12 bits per heavy atom. The quantitative estimate of drug-likeness (QED) is 0.489. The average Bonchev–Trinajstić information content (AvgIpc) is 3.25. The van der Waals surface area contributed by atoms with Gasteiger partial charge < -0.3 is 30.9 Å². The number of halogens is 2. The summed E-state index contributed by atoms with van der Waals surface area (Å²) in [7, 11) is 1.61. The minimum absolute atomic E-state index is 0.0349. The van der Waals surface area contributed by atoms with Crippen LogP contribution in [0, 0.1) is 11.7 Å². The van der Waals surface area contributed by atoms with E-state index in [0.29, 0.717) is 51.1 Å². The van der Waals surface area contributed by atoms with Crippen LogP contribution in [0.2, 0.25) is 5.02 Å². The lowest BCUT2D eigenvalue weighted by Gasteiger charge is -2.38. The van der Waals surface area contributed by atoms with Gasteiger partial charge in [0.2, 0.25) is 5.91 Å². The zero-order valence-electron chi connectivity index (χ0n) is 18.2. The number of likely N-dealkylation sites (tertiary alicyclic amines) is 1. The lowest BCUT2D eigenvalue weighted by molar-refractivity contribution is -0.139. The molecule has 0 atom stereocenters. The second-order valence-corrected chi connectivity index (χ2v) is 8.89. The molecule has 0 spiro atoms. The molecule has 1 aromatic rings. The number of anilines is 1. The standard InChI is InChI=1S/C22H27ClFN5O4/c1-33-15-9-29(10-15)22(32)19-18(25-11-26-19)21(31)27-14-5-2-12(3-6-14)20(30)28-17-7-4-13(24)8-16(17)23/h4,7-8,12,14-15,25-26H,2-3,5-6,9-11H2,1H3,(H,27,31)(H,28,30). The fraction of sp³-hybridized carbons (Fsp3) is 0.500. The lowest BCUT2D eigenvalue weighted by atomic mass is 9.85. The van der Waals surface area contributed by atoms with Gasteiger partial charge in [-0.1, -0.05) is 11.6 Å². The zero-order valence-corrected chi connectivity index (χ0v) is 19.0. The smallest absolute Gasteiger partial charge is 0.272 e. The first-order valence-corrected chi connectivity index (χ1v) is 11.3. The SMILES string of the molecule is COC1CN(C(=O)C2=C(C(=O)NC3CCC(C(=O)Nc4ccc(F)cc4Cl)CC3)NCN2)C1. The number of carbonyl (C=O) groups is 3. The first-order chi connectivity index (χ1) is 15.9. The molecule has 4 N–H and O–H groups in total. The number of carbonyl (C=O) groups excluding carboxylic acids is 3. The summed E-state index contributed by atoms with van der Waals surface area (Å²) in [6.45, 7) is 1.32. The molecule has 11 heteroatoms. The van der Waals surface area contributed by atoms with Crippen molar-refractivity contribution in [1.29, 1.82) is 0 Å². The predicted molar refractivity (Wildman–Crippen MR) is 119 cm³/mol. The van der Waals surface area contributed by atoms with Crippen LogP contribution in [0.15, 0.2) is 29.6 Å². The molecule has 3 amide bonds. The molecular formula is C22H27ClFN5O4. The number of rotatable bonds is 6. The minimum atomic E-state index is -0.467. The zero-order chi connectivity index (χ0) is 23.5. The van der Waals surface area contributed by atoms with Gasteiger partial charge in [-0.05, 0) is 43.9 Å². The summed E-state index contributed by atoms with van der Waals surface area (Å²) in [5.74, 6) is -1.42. The molecule has 0 unspecified atom stereocenters. The van der Waals surface area contributed by atoms with E-state index >= 15 is 0 Å². The van der Waals surface area contributed by atoms with Crippen molar-refractivity contribution in [3.8, 4) is 0 Å². The molecule has 1 aromatic carbocycles. The van der Waals surface area contributed by atoms with Crippen LogP contribution in [0.4, 0.5) is 10.1 Å². The molecule has 2 fully saturated rings. The van der Waals surface area contributed by atoms with Crippen molar-refractivity contribution in [3.63, 3.8) is 0 Å². The first-order valence-electron chi connectivity index (χ1n) is 11.0. The van der Waals surface area contributed by atoms with Gasteiger partial charge in [0, 0.05) is 32.2 Å². The normalized spacial score (nSPS) is 22.8. The van der Waals surface area contributed by atoms with Crippen LogP contribution in [0.5, 0.6) is 0 Å². The van der Waals surface area contributed by atoms with Crippen LogP contribution >= 0.6 is 11.6 Å². The highest BCUT2D eigenvalue weighted by molar-refractivity contribution is 6.33. The fourth-order valence-corrected chi connectivity index (χ4v) is 4.48. The Kier molecular flexibility index (Phi) is 7.04. The van der Waals surface area contributed by atoms with Crippen LogP contribution in [0.1, 0.15) is 25.7 Å². The van der Waals surface area contributed by atoms with Gasteiger partial charge in [-0.25, -0.2) is 4.39 Å². The summed E-state index contributed by atoms with van der Waals surface area (Å²) < 4.78 is 18.4. The molecule has 0 radical (unpaired) electrons. The molecule has 1 saturated carbocycles. The Bertz CT molecular complexity index is 974. The molecule has 0 bridgehead atoms. The maximum atomic E-state index is 13.2. The third kappa shape index (κ3) is 5.22. The number of nitrogens with one attached hydrogen (secondary N) is 4. The minimum Gasteiger partial charge on any atom is -0.378 e.